The lowest BCUT2D eigenvalue weighted by Crippen LogP contribution is -2.42. The second-order valence-corrected chi connectivity index (χ2v) is 3.19. The van der Waals surface area contributed by atoms with E-state index in [4.69, 9.17) is 10.5 Å². The highest BCUT2D eigenvalue weighted by Crippen LogP contribution is 2.03. The topological polar surface area (TPSA) is 84.7 Å². The highest BCUT2D eigenvalue weighted by Gasteiger charge is 2.13. The Hall–Kier alpha value is -1.14. The van der Waals surface area contributed by atoms with Gasteiger partial charge < -0.3 is 10.5 Å². The van der Waals surface area contributed by atoms with E-state index in [9.17, 15) is 9.59 Å². The zero-order chi connectivity index (χ0) is 10.4. The summed E-state index contributed by atoms with van der Waals surface area (Å²) in [6.45, 7) is 1.41. The fourth-order valence-electron chi connectivity index (χ4n) is 1.28. The number of ether oxygens (including phenoxy) is 1. The van der Waals surface area contributed by atoms with Crippen LogP contribution in [0.1, 0.15) is 12.8 Å². The van der Waals surface area contributed by atoms with Gasteiger partial charge in [0, 0.05) is 13.1 Å². The van der Waals surface area contributed by atoms with Crippen LogP contribution in [0.25, 0.3) is 0 Å². The minimum atomic E-state index is -0.570. The summed E-state index contributed by atoms with van der Waals surface area (Å²) in [4.78, 5) is 21.4. The standard InChI is InChI=1S/C8H15N3O3/c9-7(12)5-14-6-8(13)10-11-3-1-2-4-11/h1-6H2,(H2,9,12)(H,10,13). The van der Waals surface area contributed by atoms with E-state index < -0.39 is 5.91 Å². The van der Waals surface area contributed by atoms with Gasteiger partial charge in [0.1, 0.15) is 13.2 Å². The van der Waals surface area contributed by atoms with Gasteiger partial charge in [0.2, 0.25) is 5.91 Å². The molecule has 0 bridgehead atoms. The third kappa shape index (κ3) is 4.20. The minimum Gasteiger partial charge on any atom is -0.368 e. The molecule has 1 heterocycles. The molecular formula is C8H15N3O3. The maximum absolute atomic E-state index is 11.2. The van der Waals surface area contributed by atoms with Crippen LogP contribution in [0.5, 0.6) is 0 Å². The number of hydrazine groups is 1. The van der Waals surface area contributed by atoms with Crippen molar-refractivity contribution in [1.29, 1.82) is 0 Å². The zero-order valence-corrected chi connectivity index (χ0v) is 7.99. The first-order valence-corrected chi connectivity index (χ1v) is 4.59. The molecule has 6 nitrogen and oxygen atoms in total. The van der Waals surface area contributed by atoms with Gasteiger partial charge >= 0.3 is 0 Å². The molecule has 80 valence electrons. The Labute approximate surface area is 82.3 Å². The molecule has 0 saturated carbocycles. The van der Waals surface area contributed by atoms with Crippen molar-refractivity contribution in [2.24, 2.45) is 5.73 Å². The lowest BCUT2D eigenvalue weighted by atomic mass is 10.4. The summed E-state index contributed by atoms with van der Waals surface area (Å²) in [5, 5.41) is 1.84. The van der Waals surface area contributed by atoms with E-state index >= 15 is 0 Å². The zero-order valence-electron chi connectivity index (χ0n) is 7.99. The lowest BCUT2D eigenvalue weighted by molar-refractivity contribution is -0.132. The van der Waals surface area contributed by atoms with E-state index in [0.29, 0.717) is 0 Å². The van der Waals surface area contributed by atoms with Gasteiger partial charge in [-0.2, -0.15) is 0 Å². The second kappa shape index (κ2) is 5.56. The molecule has 0 aliphatic carbocycles. The molecule has 1 aliphatic rings. The average molecular weight is 201 g/mol. The van der Waals surface area contributed by atoms with Crippen molar-refractivity contribution in [1.82, 2.24) is 10.4 Å². The van der Waals surface area contributed by atoms with Crippen molar-refractivity contribution in [2.45, 2.75) is 12.8 Å². The van der Waals surface area contributed by atoms with Crippen LogP contribution in [0.4, 0.5) is 0 Å². The van der Waals surface area contributed by atoms with Crippen LogP contribution in [-0.4, -0.2) is 43.1 Å². The quantitative estimate of drug-likeness (QED) is 0.574. The van der Waals surface area contributed by atoms with Crippen LogP contribution in [-0.2, 0) is 14.3 Å². The molecule has 0 aromatic heterocycles. The van der Waals surface area contributed by atoms with Gasteiger partial charge in [-0.15, -0.1) is 0 Å². The maximum atomic E-state index is 11.2. The summed E-state index contributed by atoms with van der Waals surface area (Å²) in [6, 6.07) is 0. The summed E-state index contributed by atoms with van der Waals surface area (Å²) in [7, 11) is 0. The molecule has 0 aromatic carbocycles. The molecular weight excluding hydrogens is 186 g/mol. The first-order chi connectivity index (χ1) is 6.68. The van der Waals surface area contributed by atoms with E-state index in [1.165, 1.54) is 0 Å². The van der Waals surface area contributed by atoms with E-state index in [1.54, 1.807) is 0 Å². The molecule has 2 amide bonds. The molecule has 6 heteroatoms. The summed E-state index contributed by atoms with van der Waals surface area (Å²) >= 11 is 0. The van der Waals surface area contributed by atoms with Crippen molar-refractivity contribution in [3.63, 3.8) is 0 Å². The third-order valence-electron chi connectivity index (χ3n) is 1.87. The molecule has 3 N–H and O–H groups in total. The van der Waals surface area contributed by atoms with Gasteiger partial charge in [0.05, 0.1) is 0 Å². The van der Waals surface area contributed by atoms with Crippen molar-refractivity contribution < 1.29 is 14.3 Å². The Kier molecular flexibility index (Phi) is 4.34. The smallest absolute Gasteiger partial charge is 0.260 e. The highest BCUT2D eigenvalue weighted by atomic mass is 16.5. The van der Waals surface area contributed by atoms with Crippen LogP contribution in [0.15, 0.2) is 0 Å². The first kappa shape index (κ1) is 10.9. The van der Waals surface area contributed by atoms with Crippen LogP contribution in [0, 0.1) is 0 Å². The Morgan fingerprint density at radius 1 is 1.29 bits per heavy atom. The Morgan fingerprint density at radius 2 is 1.93 bits per heavy atom. The van der Waals surface area contributed by atoms with Gasteiger partial charge in [0.25, 0.3) is 5.91 Å². The number of amides is 2. The number of primary amides is 1. The molecule has 1 rings (SSSR count). The number of nitrogens with zero attached hydrogens (tertiary/aromatic N) is 1. The number of nitrogens with one attached hydrogen (secondary N) is 1. The van der Waals surface area contributed by atoms with Crippen molar-refractivity contribution >= 4 is 11.8 Å². The number of nitrogens with two attached hydrogens (primary N) is 1. The number of carbonyl (C=O) groups excluding carboxylic acids is 2. The molecule has 14 heavy (non-hydrogen) atoms. The Morgan fingerprint density at radius 3 is 2.50 bits per heavy atom. The van der Waals surface area contributed by atoms with Crippen molar-refractivity contribution in [3.05, 3.63) is 0 Å². The molecule has 0 aromatic rings. The van der Waals surface area contributed by atoms with E-state index in [2.05, 4.69) is 5.43 Å². The summed E-state index contributed by atoms with van der Waals surface area (Å²) in [5.41, 5.74) is 7.51. The predicted molar refractivity (Wildman–Crippen MR) is 49.0 cm³/mol. The van der Waals surface area contributed by atoms with E-state index in [1.807, 2.05) is 5.01 Å². The SMILES string of the molecule is NC(=O)COCC(=O)NN1CCCC1. The predicted octanol–water partition coefficient (Wildman–Crippen LogP) is -1.38. The molecule has 0 unspecified atom stereocenters. The van der Waals surface area contributed by atoms with Crippen molar-refractivity contribution in [2.75, 3.05) is 26.3 Å². The molecule has 0 radical (unpaired) electrons. The largest absolute Gasteiger partial charge is 0.368 e. The number of carbonyl (C=O) groups is 2. The molecule has 1 saturated heterocycles. The van der Waals surface area contributed by atoms with Crippen LogP contribution in [0.2, 0.25) is 0 Å². The Balaban J connectivity index is 2.06. The fraction of sp³-hybridized carbons (Fsp3) is 0.750. The lowest BCUT2D eigenvalue weighted by Gasteiger charge is -2.15. The van der Waals surface area contributed by atoms with Gasteiger partial charge in [0.15, 0.2) is 0 Å². The van der Waals surface area contributed by atoms with Gasteiger partial charge in [-0.1, -0.05) is 0 Å². The molecule has 0 spiro atoms. The third-order valence-corrected chi connectivity index (χ3v) is 1.87. The summed E-state index contributed by atoms with van der Waals surface area (Å²) in [6.07, 6.45) is 2.20. The van der Waals surface area contributed by atoms with Crippen LogP contribution in [0.3, 0.4) is 0 Å². The van der Waals surface area contributed by atoms with Gasteiger partial charge in [-0.05, 0) is 12.8 Å². The Bertz CT molecular complexity index is 214. The van der Waals surface area contributed by atoms with Crippen LogP contribution >= 0.6 is 0 Å². The van der Waals surface area contributed by atoms with Crippen molar-refractivity contribution in [3.8, 4) is 0 Å². The van der Waals surface area contributed by atoms with E-state index in [-0.39, 0.29) is 19.1 Å². The van der Waals surface area contributed by atoms with Crippen LogP contribution < -0.4 is 11.2 Å². The monoisotopic (exact) mass is 201 g/mol. The highest BCUT2D eigenvalue weighted by molar-refractivity contribution is 5.78. The normalized spacial score (nSPS) is 16.9. The average Bonchev–Trinajstić information content (AvgIpc) is 2.56. The second-order valence-electron chi connectivity index (χ2n) is 3.19. The minimum absolute atomic E-state index is 0.126. The molecule has 0 atom stereocenters. The molecule has 1 fully saturated rings. The van der Waals surface area contributed by atoms with Gasteiger partial charge in [-0.25, -0.2) is 5.01 Å². The maximum Gasteiger partial charge on any atom is 0.260 e. The van der Waals surface area contributed by atoms with E-state index in [0.717, 1.165) is 25.9 Å². The fourth-order valence-corrected chi connectivity index (χ4v) is 1.28. The summed E-state index contributed by atoms with van der Waals surface area (Å²) < 4.78 is 4.75. The number of rotatable bonds is 5. The van der Waals surface area contributed by atoms with Gasteiger partial charge in [-0.3, -0.25) is 15.0 Å². The number of hydrogen-bond acceptors (Lipinski definition) is 4. The molecule has 1 aliphatic heterocycles. The first-order valence-electron chi connectivity index (χ1n) is 4.59. The number of hydrogen-bond donors (Lipinski definition) is 2. The summed E-state index contributed by atoms with van der Waals surface area (Å²) in [5.74, 6) is -0.813.